The fourth-order valence-electron chi connectivity index (χ4n) is 1.99. The van der Waals surface area contributed by atoms with Crippen LogP contribution in [0.4, 0.5) is 5.69 Å². The Bertz CT molecular complexity index is 812. The van der Waals surface area contributed by atoms with Gasteiger partial charge in [0.05, 0.1) is 23.6 Å². The van der Waals surface area contributed by atoms with Crippen LogP contribution in [0.1, 0.15) is 5.56 Å². The average Bonchev–Trinajstić information content (AvgIpc) is 2.56. The van der Waals surface area contributed by atoms with Gasteiger partial charge in [-0.1, -0.05) is 18.2 Å². The van der Waals surface area contributed by atoms with E-state index in [4.69, 9.17) is 12.2 Å². The van der Waals surface area contributed by atoms with E-state index in [0.29, 0.717) is 5.11 Å². The third kappa shape index (κ3) is 3.42. The van der Waals surface area contributed by atoms with E-state index in [-0.39, 0.29) is 0 Å². The van der Waals surface area contributed by atoms with Gasteiger partial charge >= 0.3 is 0 Å². The Balaban J connectivity index is 1.67. The van der Waals surface area contributed by atoms with Crippen molar-refractivity contribution in [3.8, 4) is 0 Å². The summed E-state index contributed by atoms with van der Waals surface area (Å²) in [5.41, 5.74) is 5.50. The highest BCUT2D eigenvalue weighted by Gasteiger charge is 1.99. The van der Waals surface area contributed by atoms with Crippen LogP contribution in [-0.2, 0) is 0 Å². The SMILES string of the molecule is S=C(N/N=C\c1ccnc2ccccc12)Nc1cccnc1. The van der Waals surface area contributed by atoms with Crippen LogP contribution in [0.5, 0.6) is 0 Å². The van der Waals surface area contributed by atoms with E-state index in [0.717, 1.165) is 22.2 Å². The lowest BCUT2D eigenvalue weighted by atomic mass is 10.1. The zero-order valence-electron chi connectivity index (χ0n) is 11.6. The number of pyridine rings is 2. The quantitative estimate of drug-likeness (QED) is 0.442. The molecular weight excluding hydrogens is 294 g/mol. The number of para-hydroxylation sites is 1. The molecule has 0 bridgehead atoms. The highest BCUT2D eigenvalue weighted by molar-refractivity contribution is 7.80. The van der Waals surface area contributed by atoms with Crippen molar-refractivity contribution in [1.29, 1.82) is 0 Å². The van der Waals surface area contributed by atoms with Crippen molar-refractivity contribution in [2.45, 2.75) is 0 Å². The summed E-state index contributed by atoms with van der Waals surface area (Å²) in [6.07, 6.45) is 6.87. The number of hydrazone groups is 1. The first-order valence-corrected chi connectivity index (χ1v) is 7.07. The van der Waals surface area contributed by atoms with Crippen molar-refractivity contribution in [3.63, 3.8) is 0 Å². The first-order chi connectivity index (χ1) is 10.8. The van der Waals surface area contributed by atoms with Gasteiger partial charge in [-0.05, 0) is 36.5 Å². The first-order valence-electron chi connectivity index (χ1n) is 6.67. The standard InChI is InChI=1S/C16H13N5S/c22-16(20-13-4-3-8-17-11-13)21-19-10-12-7-9-18-15-6-2-1-5-14(12)15/h1-11H,(H2,20,21,22)/b19-10-. The van der Waals surface area contributed by atoms with Crippen LogP contribution in [0, 0.1) is 0 Å². The summed E-state index contributed by atoms with van der Waals surface area (Å²) < 4.78 is 0. The van der Waals surface area contributed by atoms with Crippen molar-refractivity contribution in [1.82, 2.24) is 15.4 Å². The molecule has 0 unspecified atom stereocenters. The monoisotopic (exact) mass is 307 g/mol. The molecule has 0 amide bonds. The maximum absolute atomic E-state index is 5.17. The summed E-state index contributed by atoms with van der Waals surface area (Å²) >= 11 is 5.17. The predicted molar refractivity (Wildman–Crippen MR) is 92.9 cm³/mol. The Hall–Kier alpha value is -2.86. The lowest BCUT2D eigenvalue weighted by Gasteiger charge is -2.06. The topological polar surface area (TPSA) is 62.2 Å². The highest BCUT2D eigenvalue weighted by atomic mass is 32.1. The Kier molecular flexibility index (Phi) is 4.31. The normalized spacial score (nSPS) is 10.7. The number of benzene rings is 1. The van der Waals surface area contributed by atoms with Gasteiger partial charge in [0.15, 0.2) is 5.11 Å². The molecular formula is C16H13N5S. The smallest absolute Gasteiger partial charge is 0.191 e. The lowest BCUT2D eigenvalue weighted by Crippen LogP contribution is -2.23. The van der Waals surface area contributed by atoms with E-state index in [2.05, 4.69) is 25.8 Å². The Labute approximate surface area is 133 Å². The van der Waals surface area contributed by atoms with Gasteiger partial charge in [0, 0.05) is 23.3 Å². The second kappa shape index (κ2) is 6.73. The maximum atomic E-state index is 5.17. The molecule has 2 heterocycles. The zero-order chi connectivity index (χ0) is 15.2. The molecule has 0 aliphatic heterocycles. The minimum Gasteiger partial charge on any atom is -0.330 e. The molecule has 0 fully saturated rings. The van der Waals surface area contributed by atoms with Crippen molar-refractivity contribution < 1.29 is 0 Å². The zero-order valence-corrected chi connectivity index (χ0v) is 12.4. The molecule has 0 saturated carbocycles. The molecule has 3 aromatic rings. The van der Waals surface area contributed by atoms with Crippen LogP contribution in [0.15, 0.2) is 66.2 Å². The molecule has 0 atom stereocenters. The van der Waals surface area contributed by atoms with Gasteiger partial charge in [-0.2, -0.15) is 5.10 Å². The van der Waals surface area contributed by atoms with Crippen LogP contribution < -0.4 is 10.7 Å². The molecule has 108 valence electrons. The maximum Gasteiger partial charge on any atom is 0.191 e. The van der Waals surface area contributed by atoms with Crippen LogP contribution in [0.25, 0.3) is 10.9 Å². The number of hydrogen-bond donors (Lipinski definition) is 2. The van der Waals surface area contributed by atoms with E-state index in [1.54, 1.807) is 24.8 Å². The number of hydrogen-bond acceptors (Lipinski definition) is 4. The van der Waals surface area contributed by atoms with E-state index in [9.17, 15) is 0 Å². The second-order valence-electron chi connectivity index (χ2n) is 4.48. The number of thiocarbonyl (C=S) groups is 1. The van der Waals surface area contributed by atoms with Crippen molar-refractivity contribution >= 4 is 40.1 Å². The van der Waals surface area contributed by atoms with E-state index < -0.39 is 0 Å². The van der Waals surface area contributed by atoms with Crippen molar-refractivity contribution in [2.75, 3.05) is 5.32 Å². The van der Waals surface area contributed by atoms with Crippen LogP contribution in [-0.4, -0.2) is 21.3 Å². The Morgan fingerprint density at radius 2 is 2.00 bits per heavy atom. The molecule has 0 radical (unpaired) electrons. The summed E-state index contributed by atoms with van der Waals surface area (Å²) in [4.78, 5) is 8.32. The molecule has 22 heavy (non-hydrogen) atoms. The van der Waals surface area contributed by atoms with Crippen LogP contribution in [0.3, 0.4) is 0 Å². The molecule has 3 rings (SSSR count). The second-order valence-corrected chi connectivity index (χ2v) is 4.89. The first kappa shape index (κ1) is 14.1. The van der Waals surface area contributed by atoms with E-state index >= 15 is 0 Å². The minimum atomic E-state index is 0.405. The number of aromatic nitrogens is 2. The number of nitrogens with zero attached hydrogens (tertiary/aromatic N) is 3. The summed E-state index contributed by atoms with van der Waals surface area (Å²) in [5, 5.41) is 8.61. The molecule has 0 aliphatic carbocycles. The summed E-state index contributed by atoms with van der Waals surface area (Å²) in [6.45, 7) is 0. The fourth-order valence-corrected chi connectivity index (χ4v) is 2.16. The lowest BCUT2D eigenvalue weighted by molar-refractivity contribution is 1.05. The molecule has 2 aromatic heterocycles. The van der Waals surface area contributed by atoms with Crippen LogP contribution >= 0.6 is 12.2 Å². The summed E-state index contributed by atoms with van der Waals surface area (Å²) in [5.74, 6) is 0. The molecule has 5 nitrogen and oxygen atoms in total. The largest absolute Gasteiger partial charge is 0.330 e. The van der Waals surface area contributed by atoms with E-state index in [1.807, 2.05) is 42.5 Å². The van der Waals surface area contributed by atoms with E-state index in [1.165, 1.54) is 0 Å². The van der Waals surface area contributed by atoms with Gasteiger partial charge in [-0.3, -0.25) is 15.4 Å². The molecule has 0 spiro atoms. The summed E-state index contributed by atoms with van der Waals surface area (Å²) in [7, 11) is 0. The number of fused-ring (bicyclic) bond motifs is 1. The van der Waals surface area contributed by atoms with Gasteiger partial charge in [-0.15, -0.1) is 0 Å². The van der Waals surface area contributed by atoms with Crippen molar-refractivity contribution in [3.05, 3.63) is 66.6 Å². The van der Waals surface area contributed by atoms with Gasteiger partial charge < -0.3 is 5.32 Å². The van der Waals surface area contributed by atoms with Gasteiger partial charge in [0.2, 0.25) is 0 Å². The van der Waals surface area contributed by atoms with Gasteiger partial charge in [0.25, 0.3) is 0 Å². The van der Waals surface area contributed by atoms with Gasteiger partial charge in [0.1, 0.15) is 0 Å². The Morgan fingerprint density at radius 1 is 1.09 bits per heavy atom. The molecule has 0 aliphatic rings. The molecule has 0 saturated heterocycles. The fraction of sp³-hybridized carbons (Fsp3) is 0. The Morgan fingerprint density at radius 3 is 2.86 bits per heavy atom. The number of anilines is 1. The molecule has 2 N–H and O–H groups in total. The van der Waals surface area contributed by atoms with Gasteiger partial charge in [-0.25, -0.2) is 0 Å². The average molecular weight is 307 g/mol. The van der Waals surface area contributed by atoms with Crippen LogP contribution in [0.2, 0.25) is 0 Å². The number of rotatable bonds is 3. The highest BCUT2D eigenvalue weighted by Crippen LogP contribution is 2.14. The third-order valence-corrected chi connectivity index (χ3v) is 3.17. The van der Waals surface area contributed by atoms with Crippen molar-refractivity contribution in [2.24, 2.45) is 5.10 Å². The molecule has 1 aromatic carbocycles. The number of nitrogens with one attached hydrogen (secondary N) is 2. The summed E-state index contributed by atoms with van der Waals surface area (Å²) in [6, 6.07) is 13.5. The third-order valence-electron chi connectivity index (χ3n) is 2.97. The minimum absolute atomic E-state index is 0.405. The predicted octanol–water partition coefficient (Wildman–Crippen LogP) is 2.95. The molecule has 6 heteroatoms.